The van der Waals surface area contributed by atoms with E-state index in [9.17, 15) is 4.79 Å². The van der Waals surface area contributed by atoms with E-state index in [1.165, 1.54) is 5.06 Å². The van der Waals surface area contributed by atoms with Crippen molar-refractivity contribution in [2.45, 2.75) is 0 Å². The maximum absolute atomic E-state index is 9.35. The molecule has 38 valence electrons. The van der Waals surface area contributed by atoms with E-state index < -0.39 is 0 Å². The minimum Gasteiger partial charge on any atom is -0.371 e. The molecule has 0 heterocycles. The molecule has 0 saturated carbocycles. The molecule has 0 amide bonds. The zero-order chi connectivity index (χ0) is 4.99. The van der Waals surface area contributed by atoms with Gasteiger partial charge in [-0.1, -0.05) is 0 Å². The molecule has 0 saturated heterocycles. The van der Waals surface area contributed by atoms with Crippen LogP contribution in [-0.2, 0) is 29.1 Å². The van der Waals surface area contributed by atoms with Gasteiger partial charge in [-0.2, -0.15) is 0 Å². The molecule has 0 N–H and O–H groups in total. The molecule has 4 heteroatoms. The molecule has 0 atom stereocenters. The second kappa shape index (κ2) is 6.05. The third-order valence-corrected chi connectivity index (χ3v) is 0.254. The molecule has 0 spiro atoms. The van der Waals surface area contributed by atoms with Crippen molar-refractivity contribution in [2.75, 3.05) is 14.1 Å². The molecular formula is C3H7NO2Zn. The maximum Gasteiger partial charge on any atom is 0.312 e. The first kappa shape index (κ1) is 10.1. The molecule has 0 aromatic rings. The van der Waals surface area contributed by atoms with Crippen LogP contribution in [0, 0.1) is 0 Å². The Balaban J connectivity index is 0. The van der Waals surface area contributed by atoms with Crippen molar-refractivity contribution in [1.29, 1.82) is 0 Å². The predicted octanol–water partition coefficient (Wildman–Crippen LogP) is -0.367. The van der Waals surface area contributed by atoms with Crippen molar-refractivity contribution in [3.05, 3.63) is 0 Å². The van der Waals surface area contributed by atoms with E-state index >= 15 is 0 Å². The van der Waals surface area contributed by atoms with Gasteiger partial charge in [-0.25, -0.2) is 0 Å². The molecule has 0 aromatic carbocycles. The van der Waals surface area contributed by atoms with Crippen LogP contribution < -0.4 is 0 Å². The Morgan fingerprint density at radius 1 is 1.57 bits per heavy atom. The van der Waals surface area contributed by atoms with E-state index in [1.54, 1.807) is 14.1 Å². The first-order chi connectivity index (χ1) is 2.77. The van der Waals surface area contributed by atoms with Gasteiger partial charge >= 0.3 is 6.47 Å². The van der Waals surface area contributed by atoms with E-state index in [0.29, 0.717) is 6.47 Å². The van der Waals surface area contributed by atoms with Gasteiger partial charge in [0.1, 0.15) is 0 Å². The summed E-state index contributed by atoms with van der Waals surface area (Å²) in [6, 6.07) is 0. The summed E-state index contributed by atoms with van der Waals surface area (Å²) in [5, 5.41) is 1.31. The van der Waals surface area contributed by atoms with Crippen molar-refractivity contribution in [3.63, 3.8) is 0 Å². The fourth-order valence-corrected chi connectivity index (χ4v) is 0.0861. The van der Waals surface area contributed by atoms with Gasteiger partial charge in [-0.05, 0) is 0 Å². The van der Waals surface area contributed by atoms with Crippen LogP contribution in [0.4, 0.5) is 0 Å². The number of carbonyl (C=O) groups excluding carboxylic acids is 1. The van der Waals surface area contributed by atoms with Crippen LogP contribution >= 0.6 is 0 Å². The molecule has 0 unspecified atom stereocenters. The molecule has 0 bridgehead atoms. The van der Waals surface area contributed by atoms with Crippen molar-refractivity contribution in [2.24, 2.45) is 0 Å². The third kappa shape index (κ3) is 10.7. The molecule has 0 aromatic heterocycles. The first-order valence-electron chi connectivity index (χ1n) is 1.55. The molecule has 0 fully saturated rings. The summed E-state index contributed by atoms with van der Waals surface area (Å²) in [4.78, 5) is 13.5. The third-order valence-electron chi connectivity index (χ3n) is 0.254. The molecule has 0 aliphatic carbocycles. The van der Waals surface area contributed by atoms with Gasteiger partial charge in [0.05, 0.1) is 0 Å². The number of hydroxylamine groups is 2. The van der Waals surface area contributed by atoms with Crippen molar-refractivity contribution in [1.82, 2.24) is 5.06 Å². The average molecular weight is 154 g/mol. The van der Waals surface area contributed by atoms with Gasteiger partial charge < -0.3 is 4.84 Å². The first-order valence-corrected chi connectivity index (χ1v) is 1.55. The molecular weight excluding hydrogens is 147 g/mol. The number of nitrogens with zero attached hydrogens (tertiary/aromatic N) is 1. The fourth-order valence-electron chi connectivity index (χ4n) is 0.0861. The summed E-state index contributed by atoms with van der Waals surface area (Å²) in [5.74, 6) is 0. The Bertz CT molecular complexity index is 48.2. The normalized spacial score (nSPS) is 7.29. The Labute approximate surface area is 55.3 Å². The van der Waals surface area contributed by atoms with Crippen LogP contribution in [-0.4, -0.2) is 25.6 Å². The van der Waals surface area contributed by atoms with E-state index in [4.69, 9.17) is 0 Å². The summed E-state index contributed by atoms with van der Waals surface area (Å²) in [7, 11) is 3.27. The van der Waals surface area contributed by atoms with Gasteiger partial charge in [0.15, 0.2) is 0 Å². The summed E-state index contributed by atoms with van der Waals surface area (Å²) in [5.41, 5.74) is 0. The van der Waals surface area contributed by atoms with Crippen LogP contribution in [0.1, 0.15) is 0 Å². The SMILES string of the molecule is CN(C)OC=O.[Zn]. The largest absolute Gasteiger partial charge is 0.371 e. The number of carbonyl (C=O) groups is 1. The molecule has 0 aliphatic heterocycles. The molecule has 3 nitrogen and oxygen atoms in total. The van der Waals surface area contributed by atoms with E-state index in [1.807, 2.05) is 0 Å². The average Bonchev–Trinajstić information content (AvgIpc) is 1.35. The standard InChI is InChI=1S/C3H7NO2.Zn/c1-4(2)6-3-5;/h3H,1-2H3;. The molecule has 0 aliphatic rings. The van der Waals surface area contributed by atoms with Crippen LogP contribution in [0.2, 0.25) is 0 Å². The zero-order valence-electron chi connectivity index (χ0n) is 4.55. The summed E-state index contributed by atoms with van der Waals surface area (Å²) >= 11 is 0. The number of hydrogen-bond donors (Lipinski definition) is 0. The van der Waals surface area contributed by atoms with Crippen LogP contribution in [0.15, 0.2) is 0 Å². The minimum atomic E-state index is 0. The maximum atomic E-state index is 9.35. The summed E-state index contributed by atoms with van der Waals surface area (Å²) in [6.07, 6.45) is 0. The topological polar surface area (TPSA) is 29.5 Å². The number of hydrogen-bond acceptors (Lipinski definition) is 3. The number of rotatable bonds is 2. The zero-order valence-corrected chi connectivity index (χ0v) is 7.52. The predicted molar refractivity (Wildman–Crippen MR) is 20.8 cm³/mol. The quantitative estimate of drug-likeness (QED) is 0.309. The van der Waals surface area contributed by atoms with Crippen molar-refractivity contribution >= 4 is 6.47 Å². The van der Waals surface area contributed by atoms with Gasteiger partial charge in [-0.15, -0.1) is 5.06 Å². The van der Waals surface area contributed by atoms with E-state index in [0.717, 1.165) is 0 Å². The van der Waals surface area contributed by atoms with Crippen molar-refractivity contribution < 1.29 is 29.1 Å². The summed E-state index contributed by atoms with van der Waals surface area (Å²) in [6.45, 7) is 0.375. The Kier molecular flexibility index (Phi) is 8.75. The van der Waals surface area contributed by atoms with Gasteiger partial charge in [-0.3, -0.25) is 4.79 Å². The van der Waals surface area contributed by atoms with Crippen LogP contribution in [0.5, 0.6) is 0 Å². The fraction of sp³-hybridized carbons (Fsp3) is 0.667. The second-order valence-corrected chi connectivity index (χ2v) is 1.01. The van der Waals surface area contributed by atoms with Crippen LogP contribution in [0.25, 0.3) is 0 Å². The Morgan fingerprint density at radius 3 is 2.00 bits per heavy atom. The molecule has 0 rings (SSSR count). The van der Waals surface area contributed by atoms with Gasteiger partial charge in [0.2, 0.25) is 0 Å². The molecule has 0 radical (unpaired) electrons. The van der Waals surface area contributed by atoms with Gasteiger partial charge in [0.25, 0.3) is 0 Å². The van der Waals surface area contributed by atoms with Gasteiger partial charge in [0, 0.05) is 33.6 Å². The summed E-state index contributed by atoms with van der Waals surface area (Å²) < 4.78 is 0. The Hall–Kier alpha value is 0.0534. The second-order valence-electron chi connectivity index (χ2n) is 1.01. The smallest absolute Gasteiger partial charge is 0.312 e. The van der Waals surface area contributed by atoms with Crippen molar-refractivity contribution in [3.8, 4) is 0 Å². The monoisotopic (exact) mass is 153 g/mol. The van der Waals surface area contributed by atoms with E-state index in [-0.39, 0.29) is 19.5 Å². The molecule has 7 heavy (non-hydrogen) atoms. The van der Waals surface area contributed by atoms with E-state index in [2.05, 4.69) is 4.84 Å². The Morgan fingerprint density at radius 2 is 2.00 bits per heavy atom. The minimum absolute atomic E-state index is 0. The van der Waals surface area contributed by atoms with Crippen LogP contribution in [0.3, 0.4) is 0 Å².